The number of aromatic amines is 1. The van der Waals surface area contributed by atoms with Gasteiger partial charge >= 0.3 is 0 Å². The van der Waals surface area contributed by atoms with Crippen molar-refractivity contribution in [1.82, 2.24) is 15.6 Å². The van der Waals surface area contributed by atoms with E-state index in [0.717, 1.165) is 40.6 Å². The van der Waals surface area contributed by atoms with Crippen molar-refractivity contribution >= 4 is 22.7 Å². The predicted octanol–water partition coefficient (Wildman–Crippen LogP) is 4.86. The molecule has 0 spiro atoms. The summed E-state index contributed by atoms with van der Waals surface area (Å²) in [6.45, 7) is 0.325. The molecular formula is C26H30FN3O2. The zero-order valence-electron chi connectivity index (χ0n) is 18.3. The summed E-state index contributed by atoms with van der Waals surface area (Å²) in [7, 11) is 0. The second kappa shape index (κ2) is 10.4. The van der Waals surface area contributed by atoms with Crippen LogP contribution in [-0.2, 0) is 16.0 Å². The Morgan fingerprint density at radius 3 is 2.53 bits per heavy atom. The lowest BCUT2D eigenvalue weighted by atomic mass is 9.95. The van der Waals surface area contributed by atoms with E-state index in [4.69, 9.17) is 0 Å². The van der Waals surface area contributed by atoms with Gasteiger partial charge in [-0.3, -0.25) is 9.59 Å². The van der Waals surface area contributed by atoms with Crippen LogP contribution in [0.15, 0.2) is 48.5 Å². The van der Waals surface area contributed by atoms with E-state index in [1.165, 1.54) is 31.4 Å². The van der Waals surface area contributed by atoms with Gasteiger partial charge in [0.15, 0.2) is 0 Å². The van der Waals surface area contributed by atoms with Crippen molar-refractivity contribution in [2.24, 2.45) is 0 Å². The molecule has 32 heavy (non-hydrogen) atoms. The van der Waals surface area contributed by atoms with Gasteiger partial charge in [0.2, 0.25) is 11.8 Å². The van der Waals surface area contributed by atoms with E-state index >= 15 is 0 Å². The molecule has 4 rings (SSSR count). The number of hydrogen-bond acceptors (Lipinski definition) is 2. The van der Waals surface area contributed by atoms with Gasteiger partial charge < -0.3 is 15.6 Å². The Balaban J connectivity index is 1.34. The lowest BCUT2D eigenvalue weighted by molar-refractivity contribution is -0.122. The van der Waals surface area contributed by atoms with Gasteiger partial charge in [-0.15, -0.1) is 0 Å². The number of fused-ring (bicyclic) bond motifs is 1. The summed E-state index contributed by atoms with van der Waals surface area (Å²) in [5.74, 6) is -0.415. The minimum absolute atomic E-state index is 0.00401. The standard InChI is InChI=1S/C26H30FN3O2/c27-19-11-13-23-22(17-19)21(26(30-23)18-7-3-1-4-8-18)12-14-24(31)28-16-15-25(32)29-20-9-5-2-6-10-20/h1,3-4,7-8,11,13,17,20,30H,2,5-6,9-10,12,14-16H2,(H,28,31)(H,29,32). The highest BCUT2D eigenvalue weighted by molar-refractivity contribution is 5.91. The molecule has 0 atom stereocenters. The number of hydrogen-bond donors (Lipinski definition) is 3. The fourth-order valence-electron chi connectivity index (χ4n) is 4.52. The maximum absolute atomic E-state index is 13.9. The highest BCUT2D eigenvalue weighted by Crippen LogP contribution is 2.31. The van der Waals surface area contributed by atoms with E-state index in [2.05, 4.69) is 15.6 Å². The predicted molar refractivity (Wildman–Crippen MR) is 125 cm³/mol. The summed E-state index contributed by atoms with van der Waals surface area (Å²) in [4.78, 5) is 27.9. The number of rotatable bonds is 8. The van der Waals surface area contributed by atoms with Crippen molar-refractivity contribution in [2.75, 3.05) is 6.54 Å². The third-order valence-electron chi connectivity index (χ3n) is 6.18. The van der Waals surface area contributed by atoms with Crippen LogP contribution in [0.2, 0.25) is 0 Å². The largest absolute Gasteiger partial charge is 0.356 e. The molecule has 1 aliphatic carbocycles. The molecular weight excluding hydrogens is 405 g/mol. The number of halogens is 1. The maximum atomic E-state index is 13.9. The van der Waals surface area contributed by atoms with Gasteiger partial charge in [0, 0.05) is 42.0 Å². The van der Waals surface area contributed by atoms with Crippen molar-refractivity contribution in [3.8, 4) is 11.3 Å². The highest BCUT2D eigenvalue weighted by atomic mass is 19.1. The summed E-state index contributed by atoms with van der Waals surface area (Å²) in [5, 5.41) is 6.71. The minimum Gasteiger partial charge on any atom is -0.356 e. The van der Waals surface area contributed by atoms with Gasteiger partial charge in [-0.05, 0) is 48.6 Å². The molecule has 2 aromatic carbocycles. The first-order valence-corrected chi connectivity index (χ1v) is 11.5. The maximum Gasteiger partial charge on any atom is 0.221 e. The molecule has 0 radical (unpaired) electrons. The molecule has 3 aromatic rings. The number of nitrogens with one attached hydrogen (secondary N) is 3. The first-order valence-electron chi connectivity index (χ1n) is 11.5. The van der Waals surface area contributed by atoms with E-state index in [1.54, 1.807) is 6.07 Å². The van der Waals surface area contributed by atoms with Crippen LogP contribution in [0.1, 0.15) is 50.5 Å². The third kappa shape index (κ3) is 5.55. The fourth-order valence-corrected chi connectivity index (χ4v) is 4.52. The lowest BCUT2D eigenvalue weighted by Gasteiger charge is -2.22. The summed E-state index contributed by atoms with van der Waals surface area (Å²) in [5.41, 5.74) is 3.68. The molecule has 2 amide bonds. The molecule has 3 N–H and O–H groups in total. The van der Waals surface area contributed by atoms with Gasteiger partial charge in [0.25, 0.3) is 0 Å². The average Bonchev–Trinajstić information content (AvgIpc) is 3.16. The zero-order chi connectivity index (χ0) is 22.3. The Labute approximate surface area is 187 Å². The van der Waals surface area contributed by atoms with Gasteiger partial charge in [0.1, 0.15) is 5.82 Å². The first-order chi connectivity index (χ1) is 15.6. The molecule has 1 aromatic heterocycles. The number of carbonyl (C=O) groups is 2. The van der Waals surface area contributed by atoms with E-state index in [9.17, 15) is 14.0 Å². The zero-order valence-corrected chi connectivity index (χ0v) is 18.3. The van der Waals surface area contributed by atoms with E-state index in [1.807, 2.05) is 30.3 Å². The monoisotopic (exact) mass is 435 g/mol. The molecule has 0 aliphatic heterocycles. The topological polar surface area (TPSA) is 74.0 Å². The second-order valence-electron chi connectivity index (χ2n) is 8.54. The van der Waals surface area contributed by atoms with Crippen LogP contribution in [-0.4, -0.2) is 29.4 Å². The van der Waals surface area contributed by atoms with Crippen LogP contribution < -0.4 is 10.6 Å². The molecule has 1 saturated carbocycles. The van der Waals surface area contributed by atoms with Crippen molar-refractivity contribution in [2.45, 2.75) is 57.4 Å². The molecule has 1 aliphatic rings. The minimum atomic E-state index is -0.300. The SMILES string of the molecule is O=C(CCc1c(-c2ccccc2)[nH]c2ccc(F)cc12)NCCC(=O)NC1CCCCC1. The Kier molecular flexibility index (Phi) is 7.20. The number of aryl methyl sites for hydroxylation is 1. The second-order valence-corrected chi connectivity index (χ2v) is 8.54. The van der Waals surface area contributed by atoms with E-state index in [-0.39, 0.29) is 36.5 Å². The lowest BCUT2D eigenvalue weighted by Crippen LogP contribution is -2.38. The molecule has 5 nitrogen and oxygen atoms in total. The summed E-state index contributed by atoms with van der Waals surface area (Å²) in [6, 6.07) is 14.8. The quantitative estimate of drug-likeness (QED) is 0.473. The Morgan fingerprint density at radius 2 is 1.75 bits per heavy atom. The number of H-pyrrole nitrogens is 1. The third-order valence-corrected chi connectivity index (χ3v) is 6.18. The molecule has 1 fully saturated rings. The van der Waals surface area contributed by atoms with Gasteiger partial charge in [-0.1, -0.05) is 49.6 Å². The van der Waals surface area contributed by atoms with Crippen LogP contribution in [0.5, 0.6) is 0 Å². The summed E-state index contributed by atoms with van der Waals surface area (Å²) >= 11 is 0. The van der Waals surface area contributed by atoms with E-state index < -0.39 is 0 Å². The van der Waals surface area contributed by atoms with Crippen LogP contribution >= 0.6 is 0 Å². The molecule has 0 bridgehead atoms. The summed E-state index contributed by atoms with van der Waals surface area (Å²) < 4.78 is 13.9. The van der Waals surface area contributed by atoms with Gasteiger partial charge in [0.05, 0.1) is 0 Å². The van der Waals surface area contributed by atoms with Crippen molar-refractivity contribution in [1.29, 1.82) is 0 Å². The van der Waals surface area contributed by atoms with Gasteiger partial charge in [-0.25, -0.2) is 4.39 Å². The van der Waals surface area contributed by atoms with Crippen molar-refractivity contribution in [3.63, 3.8) is 0 Å². The Bertz CT molecular complexity index is 1070. The average molecular weight is 436 g/mol. The van der Waals surface area contributed by atoms with Crippen molar-refractivity contribution in [3.05, 3.63) is 59.9 Å². The number of carbonyl (C=O) groups excluding carboxylic acids is 2. The van der Waals surface area contributed by atoms with Crippen molar-refractivity contribution < 1.29 is 14.0 Å². The number of amides is 2. The highest BCUT2D eigenvalue weighted by Gasteiger charge is 2.17. The van der Waals surface area contributed by atoms with Crippen LogP contribution in [0, 0.1) is 5.82 Å². The molecule has 1 heterocycles. The smallest absolute Gasteiger partial charge is 0.221 e. The molecule has 0 unspecified atom stereocenters. The van der Waals surface area contributed by atoms with Crippen LogP contribution in [0.25, 0.3) is 22.2 Å². The Hall–Kier alpha value is -3.15. The first kappa shape index (κ1) is 22.1. The Morgan fingerprint density at radius 1 is 0.969 bits per heavy atom. The van der Waals surface area contributed by atoms with Crippen LogP contribution in [0.4, 0.5) is 4.39 Å². The normalized spacial score (nSPS) is 14.4. The number of benzene rings is 2. The molecule has 168 valence electrons. The summed E-state index contributed by atoms with van der Waals surface area (Å²) in [6.07, 6.45) is 6.73. The van der Waals surface area contributed by atoms with Crippen LogP contribution in [0.3, 0.4) is 0 Å². The molecule has 0 saturated heterocycles. The van der Waals surface area contributed by atoms with E-state index in [0.29, 0.717) is 13.0 Å². The number of aromatic nitrogens is 1. The molecule has 6 heteroatoms. The fraction of sp³-hybridized carbons (Fsp3) is 0.385. The van der Waals surface area contributed by atoms with Gasteiger partial charge in [-0.2, -0.15) is 0 Å².